The number of likely N-dealkylation sites (N-methyl/N-ethyl adjacent to an activating group) is 1. The molecule has 7 nitrogen and oxygen atoms in total. The molecular weight excluding hydrogens is 477 g/mol. The van der Waals surface area contributed by atoms with E-state index in [1.54, 1.807) is 6.33 Å². The van der Waals surface area contributed by atoms with Crippen molar-refractivity contribution in [1.82, 2.24) is 25.4 Å². The van der Waals surface area contributed by atoms with E-state index < -0.39 is 0 Å². The Morgan fingerprint density at radius 1 is 1.17 bits per heavy atom. The molecule has 0 saturated carbocycles. The monoisotopic (exact) mass is 513 g/mol. The summed E-state index contributed by atoms with van der Waals surface area (Å²) >= 11 is 0. The third kappa shape index (κ3) is 8.59. The number of aromatic nitrogens is 3. The molecule has 8 heteroatoms. The molecular formula is C21H36IN7. The largest absolute Gasteiger partial charge is 0.370 e. The van der Waals surface area contributed by atoms with Crippen LogP contribution in [0.5, 0.6) is 0 Å². The molecule has 29 heavy (non-hydrogen) atoms. The summed E-state index contributed by atoms with van der Waals surface area (Å²) in [5.41, 5.74) is 2.56. The van der Waals surface area contributed by atoms with Gasteiger partial charge < -0.3 is 20.1 Å². The van der Waals surface area contributed by atoms with Crippen molar-refractivity contribution < 1.29 is 0 Å². The van der Waals surface area contributed by atoms with E-state index in [1.807, 2.05) is 0 Å². The van der Waals surface area contributed by atoms with E-state index in [2.05, 4.69) is 87.3 Å². The van der Waals surface area contributed by atoms with Crippen LogP contribution in [0.3, 0.4) is 0 Å². The van der Waals surface area contributed by atoms with Crippen LogP contribution in [0, 0.1) is 6.92 Å². The number of guanidine groups is 1. The highest BCUT2D eigenvalue weighted by Gasteiger charge is 2.06. The zero-order valence-corrected chi connectivity index (χ0v) is 20.5. The Kier molecular flexibility index (Phi) is 12.3. The lowest BCUT2D eigenvalue weighted by Crippen LogP contribution is -2.42. The summed E-state index contributed by atoms with van der Waals surface area (Å²) in [6, 6.07) is 8.66. The molecule has 0 amide bonds. The molecule has 0 aliphatic carbocycles. The standard InChI is InChI=1S/C21H35N7.HI/c1-5-11-22-21(24-13-15-28-17-25-26-20(28)6-2)23-12-14-27(7-3)19-10-8-9-18(4)16-19;/h8-10,16-17H,5-7,11-15H2,1-4H3,(H2,22,23,24);1H. The van der Waals surface area contributed by atoms with Crippen molar-refractivity contribution in [3.05, 3.63) is 42.0 Å². The zero-order chi connectivity index (χ0) is 20.2. The molecule has 0 aliphatic heterocycles. The molecule has 1 heterocycles. The van der Waals surface area contributed by atoms with Crippen molar-refractivity contribution in [3.8, 4) is 0 Å². The van der Waals surface area contributed by atoms with Gasteiger partial charge in [-0.1, -0.05) is 26.0 Å². The van der Waals surface area contributed by atoms with Crippen LogP contribution in [0.25, 0.3) is 0 Å². The van der Waals surface area contributed by atoms with E-state index in [0.717, 1.165) is 63.9 Å². The number of hydrogen-bond donors (Lipinski definition) is 2. The van der Waals surface area contributed by atoms with E-state index in [4.69, 9.17) is 0 Å². The average molecular weight is 513 g/mol. The van der Waals surface area contributed by atoms with E-state index in [1.165, 1.54) is 11.3 Å². The first-order valence-electron chi connectivity index (χ1n) is 10.4. The molecule has 0 atom stereocenters. The smallest absolute Gasteiger partial charge is 0.191 e. The van der Waals surface area contributed by atoms with Gasteiger partial charge in [-0.25, -0.2) is 0 Å². The second-order valence-corrected chi connectivity index (χ2v) is 6.80. The predicted octanol–water partition coefficient (Wildman–Crippen LogP) is 3.24. The van der Waals surface area contributed by atoms with Crippen LogP contribution in [0.1, 0.15) is 38.6 Å². The minimum atomic E-state index is 0. The molecule has 2 N–H and O–H groups in total. The summed E-state index contributed by atoms with van der Waals surface area (Å²) < 4.78 is 2.08. The number of nitrogens with one attached hydrogen (secondary N) is 2. The van der Waals surface area contributed by atoms with Gasteiger partial charge in [-0.3, -0.25) is 4.99 Å². The van der Waals surface area contributed by atoms with Crippen LogP contribution >= 0.6 is 24.0 Å². The summed E-state index contributed by atoms with van der Waals surface area (Å²) in [5, 5.41) is 15.0. The molecule has 1 aromatic heterocycles. The molecule has 0 unspecified atom stereocenters. The SMILES string of the molecule is CCCN=C(NCCN(CC)c1cccc(C)c1)NCCn1cnnc1CC.I. The lowest BCUT2D eigenvalue weighted by atomic mass is 10.2. The quantitative estimate of drug-likeness (QED) is 0.274. The second-order valence-electron chi connectivity index (χ2n) is 6.80. The van der Waals surface area contributed by atoms with Crippen LogP contribution in [0.15, 0.2) is 35.6 Å². The number of hydrogen-bond acceptors (Lipinski definition) is 4. The highest BCUT2D eigenvalue weighted by molar-refractivity contribution is 14.0. The topological polar surface area (TPSA) is 70.4 Å². The summed E-state index contributed by atoms with van der Waals surface area (Å²) in [6.45, 7) is 13.7. The molecule has 162 valence electrons. The van der Waals surface area contributed by atoms with Gasteiger partial charge in [-0.2, -0.15) is 0 Å². The van der Waals surface area contributed by atoms with Gasteiger partial charge in [0, 0.05) is 51.4 Å². The molecule has 0 spiro atoms. The Morgan fingerprint density at radius 3 is 2.66 bits per heavy atom. The van der Waals surface area contributed by atoms with Crippen LogP contribution < -0.4 is 15.5 Å². The van der Waals surface area contributed by atoms with Gasteiger partial charge in [0.15, 0.2) is 5.96 Å². The maximum atomic E-state index is 4.65. The highest BCUT2D eigenvalue weighted by Crippen LogP contribution is 2.14. The zero-order valence-electron chi connectivity index (χ0n) is 18.2. The lowest BCUT2D eigenvalue weighted by Gasteiger charge is -2.24. The van der Waals surface area contributed by atoms with Crippen molar-refractivity contribution in [2.24, 2.45) is 4.99 Å². The number of anilines is 1. The Morgan fingerprint density at radius 2 is 1.97 bits per heavy atom. The van der Waals surface area contributed by atoms with E-state index in [-0.39, 0.29) is 24.0 Å². The first kappa shape index (κ1) is 25.2. The first-order valence-corrected chi connectivity index (χ1v) is 10.4. The molecule has 0 bridgehead atoms. The van der Waals surface area contributed by atoms with Crippen molar-refractivity contribution in [2.45, 2.75) is 47.1 Å². The van der Waals surface area contributed by atoms with Gasteiger partial charge in [0.1, 0.15) is 12.2 Å². The highest BCUT2D eigenvalue weighted by atomic mass is 127. The van der Waals surface area contributed by atoms with Crippen molar-refractivity contribution in [3.63, 3.8) is 0 Å². The summed E-state index contributed by atoms with van der Waals surface area (Å²) in [7, 11) is 0. The first-order chi connectivity index (χ1) is 13.7. The molecule has 0 fully saturated rings. The fraction of sp³-hybridized carbons (Fsp3) is 0.571. The lowest BCUT2D eigenvalue weighted by molar-refractivity contribution is 0.630. The van der Waals surface area contributed by atoms with Gasteiger partial charge in [0.05, 0.1) is 0 Å². The Bertz CT molecular complexity index is 729. The Hall–Kier alpha value is -1.84. The van der Waals surface area contributed by atoms with E-state index >= 15 is 0 Å². The third-order valence-corrected chi connectivity index (χ3v) is 4.57. The number of aliphatic imine (C=N–C) groups is 1. The molecule has 0 radical (unpaired) electrons. The maximum Gasteiger partial charge on any atom is 0.191 e. The van der Waals surface area contributed by atoms with Gasteiger partial charge in [0.25, 0.3) is 0 Å². The fourth-order valence-electron chi connectivity index (χ4n) is 3.04. The van der Waals surface area contributed by atoms with Gasteiger partial charge >= 0.3 is 0 Å². The maximum absolute atomic E-state index is 4.65. The van der Waals surface area contributed by atoms with Crippen LogP contribution in [0.4, 0.5) is 5.69 Å². The van der Waals surface area contributed by atoms with Crippen molar-refractivity contribution >= 4 is 35.6 Å². The number of rotatable bonds is 11. The number of aryl methyl sites for hydroxylation is 2. The van der Waals surface area contributed by atoms with Crippen molar-refractivity contribution in [2.75, 3.05) is 37.6 Å². The molecule has 2 aromatic rings. The van der Waals surface area contributed by atoms with E-state index in [0.29, 0.717) is 0 Å². The Labute approximate surface area is 192 Å². The normalized spacial score (nSPS) is 11.1. The molecule has 1 aromatic carbocycles. The second kappa shape index (κ2) is 14.2. The molecule has 0 aliphatic rings. The molecule has 0 saturated heterocycles. The van der Waals surface area contributed by atoms with Crippen LogP contribution in [0.2, 0.25) is 0 Å². The van der Waals surface area contributed by atoms with Crippen molar-refractivity contribution in [1.29, 1.82) is 0 Å². The summed E-state index contributed by atoms with van der Waals surface area (Å²) in [6.07, 6.45) is 3.71. The van der Waals surface area contributed by atoms with Gasteiger partial charge in [0.2, 0.25) is 0 Å². The number of nitrogens with zero attached hydrogens (tertiary/aromatic N) is 5. The number of halogens is 1. The minimum absolute atomic E-state index is 0. The minimum Gasteiger partial charge on any atom is -0.370 e. The van der Waals surface area contributed by atoms with Gasteiger partial charge in [-0.15, -0.1) is 34.2 Å². The summed E-state index contributed by atoms with van der Waals surface area (Å²) in [4.78, 5) is 7.03. The third-order valence-electron chi connectivity index (χ3n) is 4.57. The van der Waals surface area contributed by atoms with Crippen LogP contribution in [-0.2, 0) is 13.0 Å². The molecule has 2 rings (SSSR count). The number of benzene rings is 1. The van der Waals surface area contributed by atoms with Crippen LogP contribution in [-0.4, -0.2) is 53.4 Å². The Balaban J connectivity index is 0.00000420. The van der Waals surface area contributed by atoms with Gasteiger partial charge in [-0.05, 0) is 38.0 Å². The van der Waals surface area contributed by atoms with E-state index in [9.17, 15) is 0 Å². The average Bonchev–Trinajstić information content (AvgIpc) is 3.16. The fourth-order valence-corrected chi connectivity index (χ4v) is 3.04. The summed E-state index contributed by atoms with van der Waals surface area (Å²) in [5.74, 6) is 1.88. The predicted molar refractivity (Wildman–Crippen MR) is 132 cm³/mol.